The Bertz CT molecular complexity index is 699. The van der Waals surface area contributed by atoms with Crippen molar-refractivity contribution < 1.29 is 9.32 Å². The van der Waals surface area contributed by atoms with Crippen LogP contribution >= 0.6 is 11.3 Å². The Morgan fingerprint density at radius 1 is 1.57 bits per heavy atom. The molecule has 0 aliphatic carbocycles. The third kappa shape index (κ3) is 3.11. The molecule has 2 heterocycles. The van der Waals surface area contributed by atoms with E-state index in [9.17, 15) is 10.1 Å². The summed E-state index contributed by atoms with van der Waals surface area (Å²) in [6.07, 6.45) is 0. The van der Waals surface area contributed by atoms with Crippen molar-refractivity contribution in [2.45, 2.75) is 20.4 Å². The van der Waals surface area contributed by atoms with E-state index < -0.39 is 0 Å². The highest BCUT2D eigenvalue weighted by molar-refractivity contribution is 7.18. The number of nitrogens with two attached hydrogens (primary N) is 1. The smallest absolute Gasteiger partial charge is 0.263 e. The minimum absolute atomic E-state index is 0.178. The monoisotopic (exact) mass is 306 g/mol. The molecule has 21 heavy (non-hydrogen) atoms. The molecule has 0 saturated heterocycles. The Kier molecular flexibility index (Phi) is 4.39. The zero-order valence-electron chi connectivity index (χ0n) is 11.6. The summed E-state index contributed by atoms with van der Waals surface area (Å²) in [6.45, 7) is 4.26. The van der Waals surface area contributed by atoms with Crippen LogP contribution in [-0.2, 0) is 6.54 Å². The lowest BCUT2D eigenvalue weighted by atomic mass is 10.2. The molecule has 4 N–H and O–H groups in total. The number of rotatable bonds is 5. The summed E-state index contributed by atoms with van der Waals surface area (Å²) in [7, 11) is 0. The van der Waals surface area contributed by atoms with Gasteiger partial charge in [0, 0.05) is 6.54 Å². The molecule has 0 saturated carbocycles. The fourth-order valence-electron chi connectivity index (χ4n) is 1.66. The second-order valence-electron chi connectivity index (χ2n) is 4.11. The average molecular weight is 306 g/mol. The number of nitrogens with one attached hydrogen (secondary N) is 2. The average Bonchev–Trinajstić information content (AvgIpc) is 3.00. The number of carbonyl (C=O) groups is 1. The highest BCUT2D eigenvalue weighted by atomic mass is 32.1. The molecule has 0 radical (unpaired) electrons. The molecule has 2 aromatic rings. The van der Waals surface area contributed by atoms with Gasteiger partial charge in [-0.05, 0) is 13.8 Å². The first-order valence-corrected chi connectivity index (χ1v) is 7.02. The lowest BCUT2D eigenvalue weighted by Gasteiger charge is -1.99. The Hall–Kier alpha value is -2.60. The van der Waals surface area contributed by atoms with Gasteiger partial charge in [-0.25, -0.2) is 0 Å². The van der Waals surface area contributed by atoms with Crippen molar-refractivity contribution in [1.82, 2.24) is 15.5 Å². The van der Waals surface area contributed by atoms with Gasteiger partial charge in [0.05, 0.1) is 12.2 Å². The standard InChI is InChI=1S/C12H14N6O2S/c1-3-15-11(19)10-9(14)7(4-13)12(21-10)16-5-8-17-6(2)18-20-8/h16H,3,5,14H2,1-2H3,(H,15,19). The topological polar surface area (TPSA) is 130 Å². The molecule has 0 atom stereocenters. The number of nitrogen functional groups attached to an aromatic ring is 1. The predicted molar refractivity (Wildman–Crippen MR) is 77.8 cm³/mol. The second kappa shape index (κ2) is 6.23. The van der Waals surface area contributed by atoms with Gasteiger partial charge >= 0.3 is 0 Å². The number of hydrogen-bond donors (Lipinski definition) is 3. The largest absolute Gasteiger partial charge is 0.396 e. The van der Waals surface area contributed by atoms with Crippen LogP contribution in [0, 0.1) is 18.3 Å². The highest BCUT2D eigenvalue weighted by Gasteiger charge is 2.20. The third-order valence-corrected chi connectivity index (χ3v) is 3.73. The van der Waals surface area contributed by atoms with Gasteiger partial charge in [0.25, 0.3) is 5.91 Å². The van der Waals surface area contributed by atoms with Crippen molar-refractivity contribution in [2.75, 3.05) is 17.6 Å². The van der Waals surface area contributed by atoms with E-state index in [1.54, 1.807) is 6.92 Å². The van der Waals surface area contributed by atoms with E-state index >= 15 is 0 Å². The second-order valence-corrected chi connectivity index (χ2v) is 5.13. The predicted octanol–water partition coefficient (Wildman–Crippen LogP) is 1.26. The molecule has 0 fully saturated rings. The summed E-state index contributed by atoms with van der Waals surface area (Å²) in [4.78, 5) is 16.2. The lowest BCUT2D eigenvalue weighted by molar-refractivity contribution is 0.0960. The SMILES string of the molecule is CCNC(=O)c1sc(NCc2nc(C)no2)c(C#N)c1N. The molecule has 2 aromatic heterocycles. The summed E-state index contributed by atoms with van der Waals surface area (Å²) < 4.78 is 4.97. The van der Waals surface area contributed by atoms with Gasteiger partial charge in [-0.3, -0.25) is 4.79 Å². The van der Waals surface area contributed by atoms with Crippen molar-refractivity contribution in [1.29, 1.82) is 5.26 Å². The van der Waals surface area contributed by atoms with Crippen LogP contribution in [0.1, 0.15) is 33.9 Å². The summed E-state index contributed by atoms with van der Waals surface area (Å²) in [5.74, 6) is 0.627. The lowest BCUT2D eigenvalue weighted by Crippen LogP contribution is -2.22. The van der Waals surface area contributed by atoms with Crippen molar-refractivity contribution >= 4 is 27.9 Å². The van der Waals surface area contributed by atoms with Gasteiger partial charge in [0.15, 0.2) is 5.82 Å². The molecular formula is C12H14N6O2S. The number of thiophene rings is 1. The van der Waals surface area contributed by atoms with Crippen LogP contribution in [0.15, 0.2) is 4.52 Å². The summed E-state index contributed by atoms with van der Waals surface area (Å²) in [6, 6.07) is 2.00. The maximum absolute atomic E-state index is 11.9. The van der Waals surface area contributed by atoms with Crippen molar-refractivity contribution in [3.8, 4) is 6.07 Å². The maximum atomic E-state index is 11.9. The number of nitrogens with zero attached hydrogens (tertiary/aromatic N) is 3. The van der Waals surface area contributed by atoms with Crippen LogP contribution in [0.2, 0.25) is 0 Å². The van der Waals surface area contributed by atoms with E-state index in [4.69, 9.17) is 10.3 Å². The molecule has 2 rings (SSSR count). The van der Waals surface area contributed by atoms with E-state index in [-0.39, 0.29) is 23.7 Å². The highest BCUT2D eigenvalue weighted by Crippen LogP contribution is 2.35. The molecule has 9 heteroatoms. The molecule has 0 aliphatic heterocycles. The minimum atomic E-state index is -0.293. The Morgan fingerprint density at radius 2 is 2.33 bits per heavy atom. The maximum Gasteiger partial charge on any atom is 0.263 e. The number of carbonyl (C=O) groups excluding carboxylic acids is 1. The van der Waals surface area contributed by atoms with Crippen LogP contribution in [0.25, 0.3) is 0 Å². The number of nitriles is 1. The normalized spacial score (nSPS) is 10.1. The first-order valence-electron chi connectivity index (χ1n) is 6.20. The molecule has 8 nitrogen and oxygen atoms in total. The van der Waals surface area contributed by atoms with Crippen LogP contribution < -0.4 is 16.4 Å². The summed E-state index contributed by atoms with van der Waals surface area (Å²) in [5.41, 5.74) is 6.28. The number of aromatic nitrogens is 2. The fourth-order valence-corrected chi connectivity index (χ4v) is 2.64. The van der Waals surface area contributed by atoms with Gasteiger partial charge in [-0.15, -0.1) is 11.3 Å². The molecular weight excluding hydrogens is 292 g/mol. The van der Waals surface area contributed by atoms with Crippen LogP contribution in [0.3, 0.4) is 0 Å². The van der Waals surface area contributed by atoms with Crippen molar-refractivity contribution in [2.24, 2.45) is 0 Å². The van der Waals surface area contributed by atoms with E-state index in [0.717, 1.165) is 11.3 Å². The van der Waals surface area contributed by atoms with Gasteiger partial charge in [-0.1, -0.05) is 5.16 Å². The first kappa shape index (κ1) is 14.8. The minimum Gasteiger partial charge on any atom is -0.396 e. The van der Waals surface area contributed by atoms with Crippen molar-refractivity contribution in [3.05, 3.63) is 22.2 Å². The third-order valence-electron chi connectivity index (χ3n) is 2.57. The molecule has 0 aromatic carbocycles. The summed E-state index contributed by atoms with van der Waals surface area (Å²) >= 11 is 1.12. The van der Waals surface area contributed by atoms with E-state index in [0.29, 0.717) is 28.1 Å². The molecule has 0 bridgehead atoms. The molecule has 1 amide bonds. The van der Waals surface area contributed by atoms with Gasteiger partial charge in [-0.2, -0.15) is 10.2 Å². The van der Waals surface area contributed by atoms with E-state index in [1.165, 1.54) is 0 Å². The van der Waals surface area contributed by atoms with Gasteiger partial charge < -0.3 is 20.9 Å². The van der Waals surface area contributed by atoms with E-state index in [2.05, 4.69) is 20.8 Å². The molecule has 0 unspecified atom stereocenters. The zero-order valence-corrected chi connectivity index (χ0v) is 12.4. The van der Waals surface area contributed by atoms with Gasteiger partial charge in [0.1, 0.15) is 21.5 Å². The molecule has 110 valence electrons. The summed E-state index contributed by atoms with van der Waals surface area (Å²) in [5, 5.41) is 19.0. The number of aryl methyl sites for hydroxylation is 1. The van der Waals surface area contributed by atoms with Gasteiger partial charge in [0.2, 0.25) is 5.89 Å². The number of amides is 1. The van der Waals surface area contributed by atoms with Crippen LogP contribution in [0.4, 0.5) is 10.7 Å². The molecule has 0 spiro atoms. The first-order chi connectivity index (χ1) is 10.1. The Balaban J connectivity index is 2.21. The number of anilines is 2. The zero-order chi connectivity index (χ0) is 15.4. The quantitative estimate of drug-likeness (QED) is 0.757. The Morgan fingerprint density at radius 3 is 2.90 bits per heavy atom. The van der Waals surface area contributed by atoms with Crippen LogP contribution in [-0.4, -0.2) is 22.6 Å². The number of hydrogen-bond acceptors (Lipinski definition) is 8. The van der Waals surface area contributed by atoms with Crippen LogP contribution in [0.5, 0.6) is 0 Å². The fraction of sp³-hybridized carbons (Fsp3) is 0.333. The molecule has 0 aliphatic rings. The Labute approximate surface area is 124 Å². The van der Waals surface area contributed by atoms with Crippen molar-refractivity contribution in [3.63, 3.8) is 0 Å². The van der Waals surface area contributed by atoms with E-state index in [1.807, 2.05) is 13.0 Å².